The minimum Gasteiger partial charge on any atom is -0.458 e. The lowest BCUT2D eigenvalue weighted by Crippen LogP contribution is -2.23. The minimum absolute atomic E-state index is 0.402. The van der Waals surface area contributed by atoms with E-state index in [4.69, 9.17) is 44.1 Å². The van der Waals surface area contributed by atoms with Crippen LogP contribution >= 0.6 is 23.2 Å². The van der Waals surface area contributed by atoms with Crippen LogP contribution in [0.15, 0.2) is 90.7 Å². The molecule has 4 nitrogen and oxygen atoms in total. The van der Waals surface area contributed by atoms with Crippen LogP contribution in [0.3, 0.4) is 0 Å². The summed E-state index contributed by atoms with van der Waals surface area (Å²) in [6.07, 6.45) is 4.15. The van der Waals surface area contributed by atoms with Crippen molar-refractivity contribution >= 4 is 40.1 Å². The Balaban J connectivity index is 1.51. The van der Waals surface area contributed by atoms with Crippen molar-refractivity contribution in [1.82, 2.24) is 0 Å². The Morgan fingerprint density at radius 3 is 1.87 bits per heavy atom. The van der Waals surface area contributed by atoms with Crippen LogP contribution in [-0.4, -0.2) is 4.33 Å². The van der Waals surface area contributed by atoms with Gasteiger partial charge in [0.25, 0.3) is 0 Å². The van der Waals surface area contributed by atoms with E-state index in [1.165, 1.54) is 0 Å². The van der Waals surface area contributed by atoms with Crippen molar-refractivity contribution in [2.24, 2.45) is 0 Å². The van der Waals surface area contributed by atoms with Gasteiger partial charge in [-0.3, -0.25) is 0 Å². The van der Waals surface area contributed by atoms with Crippen molar-refractivity contribution in [2.75, 3.05) is 11.5 Å². The van der Waals surface area contributed by atoms with Crippen LogP contribution in [0.25, 0.3) is 5.57 Å². The smallest absolute Gasteiger partial charge is 0.179 e. The third kappa shape index (κ3) is 4.73. The maximum atomic E-state index is 6.59. The Morgan fingerprint density at radius 1 is 0.700 bits per heavy atom. The number of alkyl halides is 2. The Bertz CT molecular complexity index is 1120. The summed E-state index contributed by atoms with van der Waals surface area (Å²) >= 11 is 13.2. The molecule has 6 heteroatoms. The molecule has 0 aliphatic heterocycles. The third-order valence-electron chi connectivity index (χ3n) is 4.61. The number of ether oxygens (including phenoxy) is 2. The predicted molar refractivity (Wildman–Crippen MR) is 124 cm³/mol. The van der Waals surface area contributed by atoms with Gasteiger partial charge in [-0.25, -0.2) is 0 Å². The van der Waals surface area contributed by atoms with Crippen LogP contribution in [-0.2, 0) is 0 Å². The molecule has 0 fully saturated rings. The average molecular weight is 439 g/mol. The van der Waals surface area contributed by atoms with Crippen LogP contribution in [0.5, 0.6) is 17.2 Å². The average Bonchev–Trinajstić information content (AvgIpc) is 2.70. The first kappa shape index (κ1) is 20.2. The molecule has 0 heterocycles. The van der Waals surface area contributed by atoms with E-state index in [0.717, 1.165) is 11.1 Å². The van der Waals surface area contributed by atoms with Gasteiger partial charge >= 0.3 is 0 Å². The number of hydrogen-bond acceptors (Lipinski definition) is 4. The summed E-state index contributed by atoms with van der Waals surface area (Å²) in [5, 5.41) is 0. The molecule has 0 atom stereocenters. The molecule has 0 saturated carbocycles. The van der Waals surface area contributed by atoms with Gasteiger partial charge < -0.3 is 20.9 Å². The number of halogens is 2. The van der Waals surface area contributed by atoms with E-state index in [0.29, 0.717) is 40.8 Å². The largest absolute Gasteiger partial charge is 0.458 e. The summed E-state index contributed by atoms with van der Waals surface area (Å²) in [6, 6.07) is 22.2. The monoisotopic (exact) mass is 438 g/mol. The van der Waals surface area contributed by atoms with Gasteiger partial charge in [0, 0.05) is 29.9 Å². The van der Waals surface area contributed by atoms with E-state index in [2.05, 4.69) is 0 Å². The van der Waals surface area contributed by atoms with E-state index < -0.39 is 4.33 Å². The van der Waals surface area contributed by atoms with Crippen LogP contribution in [0.4, 0.5) is 11.4 Å². The summed E-state index contributed by atoms with van der Waals surface area (Å²) in [5.41, 5.74) is 14.9. The number of benzene rings is 3. The van der Waals surface area contributed by atoms with Gasteiger partial charge in [0.1, 0.15) is 23.0 Å². The molecule has 0 spiro atoms. The number of anilines is 2. The number of nitrogen functional groups attached to an aromatic ring is 2. The Morgan fingerprint density at radius 2 is 1.30 bits per heavy atom. The number of allylic oxidation sites excluding steroid dienone is 4. The molecule has 0 saturated heterocycles. The van der Waals surface area contributed by atoms with E-state index in [1.54, 1.807) is 30.3 Å². The van der Waals surface area contributed by atoms with Gasteiger partial charge in [-0.05, 0) is 53.6 Å². The Kier molecular flexibility index (Phi) is 5.62. The quantitative estimate of drug-likeness (QED) is 0.349. The van der Waals surface area contributed by atoms with Gasteiger partial charge in [-0.15, -0.1) is 0 Å². The second kappa shape index (κ2) is 8.34. The lowest BCUT2D eigenvalue weighted by molar-refractivity contribution is 0.395. The first-order chi connectivity index (χ1) is 14.4. The fourth-order valence-electron chi connectivity index (χ4n) is 3.15. The molecule has 30 heavy (non-hydrogen) atoms. The highest BCUT2D eigenvalue weighted by molar-refractivity contribution is 6.50. The van der Waals surface area contributed by atoms with Crippen LogP contribution < -0.4 is 20.9 Å². The highest BCUT2D eigenvalue weighted by atomic mass is 35.5. The number of nitrogens with two attached hydrogens (primary N) is 2. The van der Waals surface area contributed by atoms with Crippen molar-refractivity contribution in [3.63, 3.8) is 0 Å². The fraction of sp³-hybridized carbons (Fsp3) is 0.0833. The van der Waals surface area contributed by atoms with Crippen molar-refractivity contribution < 1.29 is 9.47 Å². The highest BCUT2D eigenvalue weighted by Gasteiger charge is 2.35. The maximum Gasteiger partial charge on any atom is 0.179 e. The predicted octanol–water partition coefficient (Wildman–Crippen LogP) is 6.57. The third-order valence-corrected chi connectivity index (χ3v) is 5.25. The first-order valence-electron chi connectivity index (χ1n) is 9.35. The molecule has 0 bridgehead atoms. The first-order valence-corrected chi connectivity index (χ1v) is 10.1. The lowest BCUT2D eigenvalue weighted by atomic mass is 9.96. The van der Waals surface area contributed by atoms with Crippen molar-refractivity contribution in [3.8, 4) is 17.2 Å². The number of hydrogen-bond donors (Lipinski definition) is 2. The second-order valence-electron chi connectivity index (χ2n) is 6.98. The van der Waals surface area contributed by atoms with Crippen LogP contribution in [0, 0.1) is 0 Å². The topological polar surface area (TPSA) is 70.5 Å². The van der Waals surface area contributed by atoms with E-state index in [1.807, 2.05) is 54.6 Å². The van der Waals surface area contributed by atoms with Crippen LogP contribution in [0.2, 0.25) is 0 Å². The van der Waals surface area contributed by atoms with Crippen molar-refractivity contribution in [3.05, 3.63) is 96.3 Å². The molecule has 4 rings (SSSR count). The summed E-state index contributed by atoms with van der Waals surface area (Å²) < 4.78 is 10.5. The molecule has 0 unspecified atom stereocenters. The highest BCUT2D eigenvalue weighted by Crippen LogP contribution is 2.43. The summed E-state index contributed by atoms with van der Waals surface area (Å²) in [6.45, 7) is 0. The molecule has 1 aliphatic rings. The maximum absolute atomic E-state index is 6.59. The van der Waals surface area contributed by atoms with Gasteiger partial charge in [0.15, 0.2) is 4.33 Å². The van der Waals surface area contributed by atoms with Crippen molar-refractivity contribution in [1.29, 1.82) is 0 Å². The van der Waals surface area contributed by atoms with E-state index >= 15 is 0 Å². The van der Waals surface area contributed by atoms with Crippen molar-refractivity contribution in [2.45, 2.75) is 10.8 Å². The molecular formula is C24H20Cl2N2O2. The normalized spacial score (nSPS) is 15.1. The zero-order valence-electron chi connectivity index (χ0n) is 16.0. The van der Waals surface area contributed by atoms with E-state index in [-0.39, 0.29) is 0 Å². The SMILES string of the molecule is Nc1cccc(OC2=CC=C(c3ccc(Oc4cccc(N)c4)cc3)CC2(Cl)Cl)c1. The van der Waals surface area contributed by atoms with Crippen LogP contribution in [0.1, 0.15) is 12.0 Å². The molecule has 0 radical (unpaired) electrons. The van der Waals surface area contributed by atoms with Gasteiger partial charge in [-0.1, -0.05) is 53.5 Å². The zero-order chi connectivity index (χ0) is 21.1. The molecule has 3 aromatic rings. The Hall–Kier alpha value is -3.08. The Labute approximate surface area is 185 Å². The molecular weight excluding hydrogens is 419 g/mol. The molecule has 1 aliphatic carbocycles. The molecule has 4 N–H and O–H groups in total. The lowest BCUT2D eigenvalue weighted by Gasteiger charge is -2.27. The summed E-state index contributed by atoms with van der Waals surface area (Å²) in [4.78, 5) is 0. The molecule has 0 aromatic heterocycles. The zero-order valence-corrected chi connectivity index (χ0v) is 17.5. The fourth-order valence-corrected chi connectivity index (χ4v) is 3.64. The van der Waals surface area contributed by atoms with E-state index in [9.17, 15) is 0 Å². The standard InChI is InChI=1S/C24H20Cl2N2O2/c25-24(26)15-17(9-12-23(24)30-22-6-2-4-19(28)14-22)16-7-10-20(11-8-16)29-21-5-1-3-18(27)13-21/h1-14H,15,27-28H2. The van der Waals surface area contributed by atoms with Gasteiger partial charge in [0.05, 0.1) is 0 Å². The second-order valence-corrected chi connectivity index (χ2v) is 8.46. The summed E-state index contributed by atoms with van der Waals surface area (Å²) in [7, 11) is 0. The number of rotatable bonds is 5. The van der Waals surface area contributed by atoms with Gasteiger partial charge in [0.2, 0.25) is 0 Å². The minimum atomic E-state index is -1.19. The molecule has 152 valence electrons. The molecule has 3 aromatic carbocycles. The summed E-state index contributed by atoms with van der Waals surface area (Å²) in [5.74, 6) is 2.45. The van der Waals surface area contributed by atoms with Gasteiger partial charge in [-0.2, -0.15) is 0 Å². The molecule has 0 amide bonds.